The first-order valence-electron chi connectivity index (χ1n) is 8.59. The van der Waals surface area contributed by atoms with Gasteiger partial charge in [0.25, 0.3) is 5.91 Å². The average molecular weight is 389 g/mol. The molecule has 1 aromatic carbocycles. The maximum atomic E-state index is 13.0. The zero-order chi connectivity index (χ0) is 18.1. The van der Waals surface area contributed by atoms with Gasteiger partial charge in [-0.15, -0.1) is 22.7 Å². The van der Waals surface area contributed by atoms with Crippen molar-refractivity contribution in [1.82, 2.24) is 9.88 Å². The number of thiophene rings is 1. The minimum Gasteiger partial charge on any atom is -0.384 e. The number of hydrogen-bond acceptors (Lipinski definition) is 6. The quantitative estimate of drug-likeness (QED) is 0.721. The highest BCUT2D eigenvalue weighted by Gasteiger charge is 2.36. The number of hydrogen-bond donors (Lipinski definition) is 1. The van der Waals surface area contributed by atoms with Gasteiger partial charge in [0.1, 0.15) is 11.1 Å². The van der Waals surface area contributed by atoms with Crippen molar-refractivity contribution in [3.63, 3.8) is 0 Å². The minimum atomic E-state index is -0.753. The summed E-state index contributed by atoms with van der Waals surface area (Å²) in [6.07, 6.45) is 0.936. The highest BCUT2D eigenvalue weighted by Crippen LogP contribution is 2.35. The molecule has 0 bridgehead atoms. The molecule has 2 aromatic heterocycles. The lowest BCUT2D eigenvalue weighted by atomic mass is 10.1. The molecule has 3 aromatic rings. The fourth-order valence-electron chi connectivity index (χ4n) is 3.41. The molecular weight excluding hydrogens is 368 g/mol. The molecule has 3 heterocycles. The van der Waals surface area contributed by atoms with Crippen molar-refractivity contribution < 1.29 is 14.6 Å². The molecule has 1 N–H and O–H groups in total. The molecular formula is C19H20N2O3S2. The maximum absolute atomic E-state index is 13.0. The number of ether oxygens (including phenoxy) is 1. The Morgan fingerprint density at radius 3 is 3.00 bits per heavy atom. The van der Waals surface area contributed by atoms with Gasteiger partial charge in [-0.05, 0) is 37.1 Å². The lowest BCUT2D eigenvalue weighted by molar-refractivity contribution is 0.0490. The largest absolute Gasteiger partial charge is 0.384 e. The van der Waals surface area contributed by atoms with Crippen LogP contribution >= 0.6 is 22.7 Å². The van der Waals surface area contributed by atoms with Crippen LogP contribution in [0.5, 0.6) is 0 Å². The van der Waals surface area contributed by atoms with Gasteiger partial charge in [-0.1, -0.05) is 12.1 Å². The topological polar surface area (TPSA) is 62.7 Å². The van der Waals surface area contributed by atoms with Crippen LogP contribution < -0.4 is 0 Å². The van der Waals surface area contributed by atoms with Crippen molar-refractivity contribution in [2.75, 3.05) is 13.7 Å². The van der Waals surface area contributed by atoms with Gasteiger partial charge < -0.3 is 14.7 Å². The van der Waals surface area contributed by atoms with Crippen LogP contribution in [0.3, 0.4) is 0 Å². The van der Waals surface area contributed by atoms with Crippen molar-refractivity contribution in [3.05, 3.63) is 51.2 Å². The fraction of sp³-hybridized carbons (Fsp3) is 0.368. The average Bonchev–Trinajstić information content (AvgIpc) is 3.39. The zero-order valence-electron chi connectivity index (χ0n) is 14.4. The van der Waals surface area contributed by atoms with Gasteiger partial charge in [0.15, 0.2) is 0 Å². The van der Waals surface area contributed by atoms with Crippen LogP contribution in [-0.4, -0.2) is 40.6 Å². The van der Waals surface area contributed by atoms with Gasteiger partial charge >= 0.3 is 0 Å². The fourth-order valence-corrected chi connectivity index (χ4v) is 5.36. The van der Waals surface area contributed by atoms with Crippen molar-refractivity contribution in [2.45, 2.75) is 31.6 Å². The number of aliphatic hydroxyl groups excluding tert-OH is 1. The summed E-state index contributed by atoms with van der Waals surface area (Å²) in [5, 5.41) is 11.6. The number of carbonyl (C=O) groups excluding carboxylic acids is 1. The van der Waals surface area contributed by atoms with Gasteiger partial charge in [-0.2, -0.15) is 0 Å². The first-order chi connectivity index (χ1) is 12.7. The number of carbonyl (C=O) groups is 1. The first-order valence-corrected chi connectivity index (χ1v) is 10.2. The molecule has 1 aliphatic heterocycles. The van der Waals surface area contributed by atoms with E-state index in [2.05, 4.69) is 4.98 Å². The number of likely N-dealkylation sites (tertiary alicyclic amines) is 1. The molecule has 1 fully saturated rings. The number of aliphatic hydroxyl groups is 1. The summed E-state index contributed by atoms with van der Waals surface area (Å²) in [6.45, 7) is 1.18. The van der Waals surface area contributed by atoms with E-state index in [0.717, 1.165) is 27.9 Å². The summed E-state index contributed by atoms with van der Waals surface area (Å²) in [7, 11) is 1.64. The Labute approximate surface area is 159 Å². The molecule has 0 unspecified atom stereocenters. The lowest BCUT2D eigenvalue weighted by Gasteiger charge is -2.27. The molecule has 0 spiro atoms. The third kappa shape index (κ3) is 3.27. The lowest BCUT2D eigenvalue weighted by Crippen LogP contribution is -2.38. The van der Waals surface area contributed by atoms with Crippen LogP contribution in [0.25, 0.3) is 10.2 Å². The molecule has 1 saturated heterocycles. The number of thiazole rings is 1. The number of para-hydroxylation sites is 1. The highest BCUT2D eigenvalue weighted by atomic mass is 32.1. The van der Waals surface area contributed by atoms with Crippen LogP contribution in [0.4, 0.5) is 0 Å². The van der Waals surface area contributed by atoms with Gasteiger partial charge in [-0.25, -0.2) is 4.98 Å². The number of aromatic nitrogens is 1. The Bertz CT molecular complexity index is 887. The van der Waals surface area contributed by atoms with Crippen LogP contribution in [0, 0.1) is 0 Å². The van der Waals surface area contributed by atoms with E-state index in [0.29, 0.717) is 23.0 Å². The predicted octanol–water partition coefficient (Wildman–Crippen LogP) is 3.84. The van der Waals surface area contributed by atoms with E-state index in [4.69, 9.17) is 4.74 Å². The van der Waals surface area contributed by atoms with Crippen LogP contribution in [-0.2, 0) is 11.3 Å². The summed E-state index contributed by atoms with van der Waals surface area (Å²) < 4.78 is 6.19. The molecule has 4 rings (SSSR count). The molecule has 0 radical (unpaired) electrons. The second kappa shape index (κ2) is 7.44. The predicted molar refractivity (Wildman–Crippen MR) is 104 cm³/mol. The van der Waals surface area contributed by atoms with Crippen LogP contribution in [0.2, 0.25) is 0 Å². The second-order valence-electron chi connectivity index (χ2n) is 6.37. The number of methoxy groups -OCH3 is 1. The SMILES string of the molecule is COCc1ccc(C(=O)N2CCC[C@H]2[C@H](O)c2nc3ccccc3s2)s1. The van der Waals surface area contributed by atoms with Gasteiger partial charge in [0.2, 0.25) is 0 Å². The van der Waals surface area contributed by atoms with Crippen molar-refractivity contribution in [2.24, 2.45) is 0 Å². The summed E-state index contributed by atoms with van der Waals surface area (Å²) in [5.74, 6) is -0.0139. The summed E-state index contributed by atoms with van der Waals surface area (Å²) in [4.78, 5) is 21.0. The zero-order valence-corrected chi connectivity index (χ0v) is 16.1. The monoisotopic (exact) mass is 388 g/mol. The third-order valence-electron chi connectivity index (χ3n) is 4.65. The molecule has 2 atom stereocenters. The Morgan fingerprint density at radius 1 is 1.35 bits per heavy atom. The number of amides is 1. The van der Waals surface area contributed by atoms with E-state index in [-0.39, 0.29) is 11.9 Å². The third-order valence-corrected chi connectivity index (χ3v) is 6.80. The molecule has 1 aliphatic rings. The van der Waals surface area contributed by atoms with E-state index in [1.807, 2.05) is 36.4 Å². The Hall–Kier alpha value is -1.80. The van der Waals surface area contributed by atoms with Gasteiger partial charge in [0, 0.05) is 18.5 Å². The smallest absolute Gasteiger partial charge is 0.264 e. The summed E-state index contributed by atoms with van der Waals surface area (Å²) >= 11 is 2.95. The molecule has 0 aliphatic carbocycles. The van der Waals surface area contributed by atoms with Crippen molar-refractivity contribution >= 4 is 38.8 Å². The van der Waals surface area contributed by atoms with Crippen molar-refractivity contribution in [3.8, 4) is 0 Å². The molecule has 7 heteroatoms. The Morgan fingerprint density at radius 2 is 2.19 bits per heavy atom. The standard InChI is InChI=1S/C19H20N2O3S2/c1-24-11-12-8-9-16(25-12)19(23)21-10-4-6-14(21)17(22)18-20-13-5-2-3-7-15(13)26-18/h2-3,5,7-9,14,17,22H,4,6,10-11H2,1H3/t14-,17-/m0/s1. The van der Waals surface area contributed by atoms with Gasteiger partial charge in [0.05, 0.1) is 27.7 Å². The first kappa shape index (κ1) is 17.6. The highest BCUT2D eigenvalue weighted by molar-refractivity contribution is 7.18. The number of fused-ring (bicyclic) bond motifs is 1. The maximum Gasteiger partial charge on any atom is 0.264 e. The number of rotatable bonds is 5. The number of nitrogens with zero attached hydrogens (tertiary/aromatic N) is 2. The van der Waals surface area contributed by atoms with Gasteiger partial charge in [-0.3, -0.25) is 4.79 Å². The summed E-state index contributed by atoms with van der Waals surface area (Å²) in [5.41, 5.74) is 0.893. The Kier molecular flexibility index (Phi) is 5.04. The van der Waals surface area contributed by atoms with E-state index in [9.17, 15) is 9.90 Å². The molecule has 136 valence electrons. The van der Waals surface area contributed by atoms with Crippen molar-refractivity contribution in [1.29, 1.82) is 0 Å². The molecule has 26 heavy (non-hydrogen) atoms. The number of benzene rings is 1. The van der Waals surface area contributed by atoms with Crippen LogP contribution in [0.1, 0.15) is 38.5 Å². The molecule has 5 nitrogen and oxygen atoms in total. The molecule has 0 saturated carbocycles. The van der Waals surface area contributed by atoms with E-state index < -0.39 is 6.10 Å². The van der Waals surface area contributed by atoms with Crippen LogP contribution in [0.15, 0.2) is 36.4 Å². The molecule has 1 amide bonds. The summed E-state index contributed by atoms with van der Waals surface area (Å²) in [6, 6.07) is 11.4. The second-order valence-corrected chi connectivity index (χ2v) is 8.60. The normalized spacial score (nSPS) is 18.5. The minimum absolute atomic E-state index is 0.0139. The van der Waals surface area contributed by atoms with E-state index in [1.54, 1.807) is 12.0 Å². The Balaban J connectivity index is 1.55. The van der Waals surface area contributed by atoms with E-state index in [1.165, 1.54) is 22.7 Å². The van der Waals surface area contributed by atoms with E-state index >= 15 is 0 Å².